The van der Waals surface area contributed by atoms with Gasteiger partial charge in [-0.2, -0.15) is 0 Å². The Labute approximate surface area is 166 Å². The first-order chi connectivity index (χ1) is 13.5. The van der Waals surface area contributed by atoms with Crippen LogP contribution in [0.5, 0.6) is 11.5 Å². The van der Waals surface area contributed by atoms with E-state index in [1.54, 1.807) is 0 Å². The SMILES string of the molecule is CNC(=O)NC(=O)CCN(Cc1ccc2c(c1)OCO2)C1CCCC(C)C1C. The first-order valence-corrected chi connectivity index (χ1v) is 10.1. The number of nitrogens with zero attached hydrogens (tertiary/aromatic N) is 1. The molecule has 1 aliphatic carbocycles. The molecule has 0 radical (unpaired) electrons. The summed E-state index contributed by atoms with van der Waals surface area (Å²) in [6, 6.07) is 5.98. The van der Waals surface area contributed by atoms with Gasteiger partial charge in [0.2, 0.25) is 12.7 Å². The van der Waals surface area contributed by atoms with E-state index in [4.69, 9.17) is 9.47 Å². The summed E-state index contributed by atoms with van der Waals surface area (Å²) in [5.74, 6) is 2.52. The summed E-state index contributed by atoms with van der Waals surface area (Å²) in [7, 11) is 1.50. The van der Waals surface area contributed by atoms with Gasteiger partial charge in [0.25, 0.3) is 0 Å². The van der Waals surface area contributed by atoms with Crippen molar-refractivity contribution in [3.05, 3.63) is 23.8 Å². The van der Waals surface area contributed by atoms with Gasteiger partial charge in [-0.1, -0.05) is 32.8 Å². The minimum atomic E-state index is -0.466. The molecule has 1 aromatic carbocycles. The maximum Gasteiger partial charge on any atom is 0.321 e. The first kappa shape index (κ1) is 20.5. The molecular weight excluding hydrogens is 358 g/mol. The summed E-state index contributed by atoms with van der Waals surface area (Å²) >= 11 is 0. The lowest BCUT2D eigenvalue weighted by Gasteiger charge is -2.41. The van der Waals surface area contributed by atoms with Crippen LogP contribution in [-0.4, -0.2) is 43.3 Å². The minimum absolute atomic E-state index is 0.258. The Morgan fingerprint density at radius 1 is 1.18 bits per heavy atom. The maximum absolute atomic E-state index is 12.1. The highest BCUT2D eigenvalue weighted by molar-refractivity contribution is 5.94. The molecule has 3 unspecified atom stereocenters. The highest BCUT2D eigenvalue weighted by Gasteiger charge is 2.32. The zero-order valence-electron chi connectivity index (χ0n) is 17.0. The van der Waals surface area contributed by atoms with E-state index in [2.05, 4.69) is 35.4 Å². The van der Waals surface area contributed by atoms with Gasteiger partial charge in [0.1, 0.15) is 0 Å². The van der Waals surface area contributed by atoms with E-state index in [0.29, 0.717) is 24.4 Å². The third-order valence-corrected chi connectivity index (χ3v) is 6.06. The number of fused-ring (bicyclic) bond motifs is 1. The van der Waals surface area contributed by atoms with Crippen LogP contribution in [-0.2, 0) is 11.3 Å². The van der Waals surface area contributed by atoms with E-state index >= 15 is 0 Å². The second-order valence-corrected chi connectivity index (χ2v) is 7.87. The number of carbonyl (C=O) groups is 2. The Morgan fingerprint density at radius 2 is 1.96 bits per heavy atom. The summed E-state index contributed by atoms with van der Waals surface area (Å²) in [4.78, 5) is 25.9. The molecule has 154 valence electrons. The highest BCUT2D eigenvalue weighted by atomic mass is 16.7. The van der Waals surface area contributed by atoms with Crippen molar-refractivity contribution in [3.63, 3.8) is 0 Å². The van der Waals surface area contributed by atoms with E-state index in [-0.39, 0.29) is 19.1 Å². The number of hydrogen-bond donors (Lipinski definition) is 2. The molecule has 0 saturated heterocycles. The van der Waals surface area contributed by atoms with Gasteiger partial charge in [0, 0.05) is 32.6 Å². The van der Waals surface area contributed by atoms with Crippen LogP contribution in [0, 0.1) is 11.8 Å². The Balaban J connectivity index is 1.70. The van der Waals surface area contributed by atoms with Crippen molar-refractivity contribution >= 4 is 11.9 Å². The fourth-order valence-corrected chi connectivity index (χ4v) is 4.20. The summed E-state index contributed by atoms with van der Waals surface area (Å²) in [6.45, 7) is 6.24. The highest BCUT2D eigenvalue weighted by Crippen LogP contribution is 2.36. The van der Waals surface area contributed by atoms with E-state index in [0.717, 1.165) is 30.0 Å². The fraction of sp³-hybridized carbons (Fsp3) is 0.619. The lowest BCUT2D eigenvalue weighted by molar-refractivity contribution is -0.120. The van der Waals surface area contributed by atoms with Gasteiger partial charge in [-0.25, -0.2) is 4.79 Å². The smallest absolute Gasteiger partial charge is 0.321 e. The largest absolute Gasteiger partial charge is 0.454 e. The topological polar surface area (TPSA) is 79.9 Å². The molecule has 2 N–H and O–H groups in total. The second kappa shape index (κ2) is 9.28. The summed E-state index contributed by atoms with van der Waals surface area (Å²) in [6.07, 6.45) is 3.88. The average Bonchev–Trinajstić information content (AvgIpc) is 3.15. The van der Waals surface area contributed by atoms with Crippen LogP contribution in [0.3, 0.4) is 0 Å². The van der Waals surface area contributed by atoms with Crippen molar-refractivity contribution in [1.82, 2.24) is 15.5 Å². The van der Waals surface area contributed by atoms with Gasteiger partial charge in [-0.05, 0) is 36.0 Å². The predicted octanol–water partition coefficient (Wildman–Crippen LogP) is 2.89. The monoisotopic (exact) mass is 389 g/mol. The number of benzene rings is 1. The molecular formula is C21H31N3O4. The van der Waals surface area contributed by atoms with Gasteiger partial charge >= 0.3 is 6.03 Å². The van der Waals surface area contributed by atoms with E-state index < -0.39 is 6.03 Å². The molecule has 0 aromatic heterocycles. The Kier molecular flexibility index (Phi) is 6.78. The molecule has 1 saturated carbocycles. The van der Waals surface area contributed by atoms with Gasteiger partial charge in [-0.15, -0.1) is 0 Å². The molecule has 2 aliphatic rings. The Bertz CT molecular complexity index is 709. The maximum atomic E-state index is 12.1. The number of ether oxygens (including phenoxy) is 2. The average molecular weight is 389 g/mol. The van der Waals surface area contributed by atoms with Gasteiger partial charge in [0.15, 0.2) is 11.5 Å². The van der Waals surface area contributed by atoms with Crippen LogP contribution in [0.4, 0.5) is 4.79 Å². The third kappa shape index (κ3) is 4.95. The molecule has 1 heterocycles. The third-order valence-electron chi connectivity index (χ3n) is 6.06. The number of imide groups is 1. The second-order valence-electron chi connectivity index (χ2n) is 7.87. The van der Waals surface area contributed by atoms with Crippen LogP contribution >= 0.6 is 0 Å². The molecule has 7 heteroatoms. The first-order valence-electron chi connectivity index (χ1n) is 10.1. The molecule has 1 aliphatic heterocycles. The number of carbonyl (C=O) groups excluding carboxylic acids is 2. The van der Waals surface area contributed by atoms with Crippen LogP contribution in [0.25, 0.3) is 0 Å². The van der Waals surface area contributed by atoms with Gasteiger partial charge in [0.05, 0.1) is 0 Å². The number of nitrogens with one attached hydrogen (secondary N) is 2. The molecule has 3 rings (SSSR count). The minimum Gasteiger partial charge on any atom is -0.454 e. The molecule has 1 fully saturated rings. The number of amides is 3. The Morgan fingerprint density at radius 3 is 2.75 bits per heavy atom. The number of rotatable bonds is 6. The van der Waals surface area contributed by atoms with Crippen LogP contribution in [0.2, 0.25) is 0 Å². The molecule has 7 nitrogen and oxygen atoms in total. The van der Waals surface area contributed by atoms with Gasteiger partial charge in [-0.3, -0.25) is 15.0 Å². The Hall–Kier alpha value is -2.28. The lowest BCUT2D eigenvalue weighted by atomic mass is 9.77. The van der Waals surface area contributed by atoms with Crippen LogP contribution in [0.1, 0.15) is 45.1 Å². The van der Waals surface area contributed by atoms with Crippen molar-refractivity contribution in [2.45, 2.75) is 52.1 Å². The van der Waals surface area contributed by atoms with E-state index in [1.165, 1.54) is 19.9 Å². The molecule has 3 atom stereocenters. The van der Waals surface area contributed by atoms with E-state index in [1.807, 2.05) is 12.1 Å². The van der Waals surface area contributed by atoms with Crippen molar-refractivity contribution in [2.24, 2.45) is 11.8 Å². The summed E-state index contributed by atoms with van der Waals surface area (Å²) < 4.78 is 10.9. The van der Waals surface area contributed by atoms with Gasteiger partial charge < -0.3 is 14.8 Å². The number of hydrogen-bond acceptors (Lipinski definition) is 5. The lowest BCUT2D eigenvalue weighted by Crippen LogP contribution is -2.45. The van der Waals surface area contributed by atoms with Crippen LogP contribution in [0.15, 0.2) is 18.2 Å². The standard InChI is InChI=1S/C21H31N3O4/c1-14-5-4-6-17(15(14)2)24(10-9-20(25)23-21(26)22-3)12-16-7-8-18-19(11-16)28-13-27-18/h7-8,11,14-15,17H,4-6,9-10,12-13H2,1-3H3,(H2,22,23,25,26). The molecule has 1 aromatic rings. The number of urea groups is 1. The van der Waals surface area contributed by atoms with Crippen molar-refractivity contribution in [3.8, 4) is 11.5 Å². The molecule has 28 heavy (non-hydrogen) atoms. The van der Waals surface area contributed by atoms with Crippen molar-refractivity contribution < 1.29 is 19.1 Å². The van der Waals surface area contributed by atoms with E-state index in [9.17, 15) is 9.59 Å². The van der Waals surface area contributed by atoms with Crippen molar-refractivity contribution in [1.29, 1.82) is 0 Å². The normalized spacial score (nSPS) is 23.5. The fourth-order valence-electron chi connectivity index (χ4n) is 4.20. The zero-order valence-corrected chi connectivity index (χ0v) is 17.0. The van der Waals surface area contributed by atoms with Crippen LogP contribution < -0.4 is 20.1 Å². The summed E-state index contributed by atoms with van der Waals surface area (Å²) in [5, 5.41) is 4.77. The molecule has 0 bridgehead atoms. The molecule has 3 amide bonds. The predicted molar refractivity (Wildman–Crippen MR) is 106 cm³/mol. The quantitative estimate of drug-likeness (QED) is 0.782. The molecule has 0 spiro atoms. The van der Waals surface area contributed by atoms with Crippen molar-refractivity contribution in [2.75, 3.05) is 20.4 Å². The zero-order chi connectivity index (χ0) is 20.1. The summed E-state index contributed by atoms with van der Waals surface area (Å²) in [5.41, 5.74) is 1.14.